The highest BCUT2D eigenvalue weighted by molar-refractivity contribution is 5.73. The van der Waals surface area contributed by atoms with Gasteiger partial charge in [-0.2, -0.15) is 0 Å². The fraction of sp³-hybridized carbons (Fsp3) is 0.950. The highest BCUT2D eigenvalue weighted by atomic mass is 16.7. The third-order valence-electron chi connectivity index (χ3n) is 6.48. The van der Waals surface area contributed by atoms with Crippen molar-refractivity contribution in [3.05, 3.63) is 0 Å². The summed E-state index contributed by atoms with van der Waals surface area (Å²) in [7, 11) is 0. The minimum absolute atomic E-state index is 0.624. The van der Waals surface area contributed by atoms with Crippen molar-refractivity contribution in [3.63, 3.8) is 0 Å². The van der Waals surface area contributed by atoms with Crippen LogP contribution in [0.3, 0.4) is 0 Å². The Morgan fingerprint density at radius 2 is 1.22 bits per heavy atom. The SMILES string of the molecule is CC(=O)N[C@@H]1[C@@H](O[C@@H]2O[C@H](CO[C@@H]3O[C@H](CO)[C@H](O)[C@H](O)[C@H]3O)[C@H](O)[C@H](O)[C@H]2O)[C@@H](O)[C@@H](CO)O[C@H]1O. The second-order valence-electron chi connectivity index (χ2n) is 9.11. The molecule has 3 heterocycles. The maximum absolute atomic E-state index is 11.6. The van der Waals surface area contributed by atoms with E-state index in [2.05, 4.69) is 5.32 Å². The highest BCUT2D eigenvalue weighted by Crippen LogP contribution is 2.30. The summed E-state index contributed by atoms with van der Waals surface area (Å²) in [5, 5.41) is 103. The van der Waals surface area contributed by atoms with Gasteiger partial charge in [0.1, 0.15) is 73.2 Å². The summed E-state index contributed by atoms with van der Waals surface area (Å²) in [5.41, 5.74) is 0. The first-order valence-corrected chi connectivity index (χ1v) is 11.6. The maximum atomic E-state index is 11.6. The first-order valence-electron chi connectivity index (χ1n) is 11.6. The molecule has 0 aromatic heterocycles. The van der Waals surface area contributed by atoms with Crippen LogP contribution in [-0.4, -0.2) is 169 Å². The van der Waals surface area contributed by atoms with Crippen molar-refractivity contribution in [1.82, 2.24) is 5.32 Å². The van der Waals surface area contributed by atoms with Crippen LogP contribution in [0.5, 0.6) is 0 Å². The van der Waals surface area contributed by atoms with Gasteiger partial charge in [-0.1, -0.05) is 0 Å². The van der Waals surface area contributed by atoms with Crippen molar-refractivity contribution in [3.8, 4) is 0 Å². The molecule has 11 N–H and O–H groups in total. The molecule has 0 bridgehead atoms. The lowest BCUT2D eigenvalue weighted by molar-refractivity contribution is -0.352. The van der Waals surface area contributed by atoms with Gasteiger partial charge in [0.25, 0.3) is 0 Å². The number of nitrogens with one attached hydrogen (secondary N) is 1. The average molecular weight is 545 g/mol. The molecule has 216 valence electrons. The maximum Gasteiger partial charge on any atom is 0.217 e. The fourth-order valence-corrected chi connectivity index (χ4v) is 4.35. The molecule has 0 unspecified atom stereocenters. The van der Waals surface area contributed by atoms with E-state index >= 15 is 0 Å². The zero-order valence-electron chi connectivity index (χ0n) is 19.7. The van der Waals surface area contributed by atoms with Gasteiger partial charge in [0, 0.05) is 6.92 Å². The number of aliphatic hydroxyl groups excluding tert-OH is 10. The second-order valence-corrected chi connectivity index (χ2v) is 9.11. The smallest absolute Gasteiger partial charge is 0.217 e. The third kappa shape index (κ3) is 6.55. The normalized spacial score (nSPS) is 49.0. The van der Waals surface area contributed by atoms with Crippen LogP contribution in [0.1, 0.15) is 6.92 Å². The Labute approximate surface area is 210 Å². The van der Waals surface area contributed by atoms with E-state index in [1.54, 1.807) is 0 Å². The number of aliphatic hydroxyl groups is 10. The van der Waals surface area contributed by atoms with Crippen molar-refractivity contribution < 1.29 is 79.5 Å². The molecule has 3 rings (SSSR count). The van der Waals surface area contributed by atoms with Gasteiger partial charge >= 0.3 is 0 Å². The predicted octanol–water partition coefficient (Wildman–Crippen LogP) is -7.43. The van der Waals surface area contributed by atoms with Crippen LogP contribution in [-0.2, 0) is 28.5 Å². The molecule has 0 radical (unpaired) electrons. The first kappa shape index (κ1) is 30.4. The van der Waals surface area contributed by atoms with Crippen LogP contribution in [0.2, 0.25) is 0 Å². The van der Waals surface area contributed by atoms with E-state index in [0.29, 0.717) is 0 Å². The molecule has 0 aromatic rings. The molecule has 3 aliphatic heterocycles. The molecule has 37 heavy (non-hydrogen) atoms. The summed E-state index contributed by atoms with van der Waals surface area (Å²) >= 11 is 0. The topological polar surface area (TPSA) is 278 Å². The van der Waals surface area contributed by atoms with Crippen LogP contribution in [0.25, 0.3) is 0 Å². The lowest BCUT2D eigenvalue weighted by atomic mass is 9.95. The van der Waals surface area contributed by atoms with Crippen LogP contribution >= 0.6 is 0 Å². The van der Waals surface area contributed by atoms with Gasteiger partial charge in [0.2, 0.25) is 5.91 Å². The molecular weight excluding hydrogens is 510 g/mol. The van der Waals surface area contributed by atoms with Gasteiger partial charge in [-0.15, -0.1) is 0 Å². The van der Waals surface area contributed by atoms with E-state index in [0.717, 1.165) is 6.92 Å². The molecule has 1 amide bonds. The van der Waals surface area contributed by atoms with Crippen LogP contribution in [0.15, 0.2) is 0 Å². The van der Waals surface area contributed by atoms with Crippen molar-refractivity contribution in [2.45, 2.75) is 99.0 Å². The van der Waals surface area contributed by atoms with Crippen molar-refractivity contribution in [1.29, 1.82) is 0 Å². The first-order chi connectivity index (χ1) is 17.4. The molecule has 17 nitrogen and oxygen atoms in total. The summed E-state index contributed by atoms with van der Waals surface area (Å²) in [6, 6.07) is -1.39. The van der Waals surface area contributed by atoms with Gasteiger partial charge in [0.05, 0.1) is 19.8 Å². The molecule has 3 fully saturated rings. The van der Waals surface area contributed by atoms with Crippen LogP contribution < -0.4 is 5.32 Å². The number of carbonyl (C=O) groups is 1. The van der Waals surface area contributed by atoms with Crippen LogP contribution in [0, 0.1) is 0 Å². The average Bonchev–Trinajstić information content (AvgIpc) is 2.86. The zero-order chi connectivity index (χ0) is 27.6. The Bertz CT molecular complexity index is 745. The minimum Gasteiger partial charge on any atom is -0.394 e. The molecule has 0 aromatic carbocycles. The Morgan fingerprint density at radius 3 is 1.78 bits per heavy atom. The molecule has 0 spiro atoms. The number of hydrogen-bond acceptors (Lipinski definition) is 16. The van der Waals surface area contributed by atoms with E-state index in [1.165, 1.54) is 0 Å². The van der Waals surface area contributed by atoms with Gasteiger partial charge in [0.15, 0.2) is 18.9 Å². The Balaban J connectivity index is 1.72. The fourth-order valence-electron chi connectivity index (χ4n) is 4.35. The monoisotopic (exact) mass is 545 g/mol. The van der Waals surface area contributed by atoms with E-state index in [1.807, 2.05) is 0 Å². The number of ether oxygens (including phenoxy) is 5. The largest absolute Gasteiger partial charge is 0.394 e. The number of rotatable bonds is 8. The van der Waals surface area contributed by atoms with E-state index in [9.17, 15) is 55.9 Å². The number of amides is 1. The van der Waals surface area contributed by atoms with E-state index in [4.69, 9.17) is 23.7 Å². The lowest BCUT2D eigenvalue weighted by Crippen LogP contribution is -2.67. The summed E-state index contributed by atoms with van der Waals surface area (Å²) < 4.78 is 26.7. The Hall–Kier alpha value is -1.13. The molecule has 15 atom stereocenters. The second kappa shape index (κ2) is 12.8. The molecule has 3 saturated heterocycles. The zero-order valence-corrected chi connectivity index (χ0v) is 19.7. The molecular formula is C20H35NO16. The predicted molar refractivity (Wildman–Crippen MR) is 113 cm³/mol. The summed E-state index contributed by atoms with van der Waals surface area (Å²) in [5.74, 6) is -0.637. The third-order valence-corrected chi connectivity index (χ3v) is 6.48. The van der Waals surface area contributed by atoms with Crippen molar-refractivity contribution in [2.24, 2.45) is 0 Å². The van der Waals surface area contributed by atoms with Gasteiger partial charge < -0.3 is 80.1 Å². The minimum atomic E-state index is -1.89. The van der Waals surface area contributed by atoms with Gasteiger partial charge in [-0.25, -0.2) is 0 Å². The summed E-state index contributed by atoms with van der Waals surface area (Å²) in [6.07, 6.45) is -23.0. The van der Waals surface area contributed by atoms with E-state index in [-0.39, 0.29) is 0 Å². The van der Waals surface area contributed by atoms with E-state index < -0.39 is 118 Å². The Morgan fingerprint density at radius 1 is 0.703 bits per heavy atom. The lowest BCUT2D eigenvalue weighted by Gasteiger charge is -2.47. The van der Waals surface area contributed by atoms with Gasteiger partial charge in [-0.05, 0) is 0 Å². The molecule has 0 saturated carbocycles. The van der Waals surface area contributed by atoms with Crippen molar-refractivity contribution >= 4 is 5.91 Å². The molecule has 17 heteroatoms. The highest BCUT2D eigenvalue weighted by Gasteiger charge is 2.51. The van der Waals surface area contributed by atoms with Gasteiger partial charge in [-0.3, -0.25) is 4.79 Å². The van der Waals surface area contributed by atoms with Crippen LogP contribution in [0.4, 0.5) is 0 Å². The quantitative estimate of drug-likeness (QED) is 0.135. The number of carbonyl (C=O) groups excluding carboxylic acids is 1. The number of hydrogen-bond donors (Lipinski definition) is 11. The van der Waals surface area contributed by atoms with Crippen molar-refractivity contribution in [2.75, 3.05) is 19.8 Å². The standard InChI is InChI=1S/C20H35NO16/c1-5(24)21-9-17(12(27)7(3-23)34-18(9)32)37-20-16(31)14(29)11(26)8(36-20)4-33-19-15(30)13(28)10(25)6(2-22)35-19/h6-20,22-23,25-32H,2-4H2,1H3,(H,21,24)/t6-,7-,8-,9-,10+,11+,12+,13+,14+,15-,16-,17-,18-,19-,20+/m1/s1. The summed E-state index contributed by atoms with van der Waals surface area (Å²) in [6.45, 7) is -0.957. The molecule has 3 aliphatic rings. The Kier molecular flexibility index (Phi) is 10.5. The molecule has 0 aliphatic carbocycles. The summed E-state index contributed by atoms with van der Waals surface area (Å²) in [4.78, 5) is 11.6.